The third-order valence-corrected chi connectivity index (χ3v) is 2.44. The highest BCUT2D eigenvalue weighted by molar-refractivity contribution is 6.35. The minimum Gasteiger partial charge on any atom is -0.461 e. The van der Waals surface area contributed by atoms with Crippen molar-refractivity contribution in [3.8, 4) is 0 Å². The number of nitrogens with one attached hydrogen (secondary N) is 3. The topological polar surface area (TPSA) is 99.3 Å². The lowest BCUT2D eigenvalue weighted by Gasteiger charge is -2.03. The number of carbonyl (C=O) groups is 1. The van der Waals surface area contributed by atoms with Crippen LogP contribution >= 0.6 is 0 Å². The third-order valence-electron chi connectivity index (χ3n) is 2.44. The summed E-state index contributed by atoms with van der Waals surface area (Å²) in [6.45, 7) is 3.60. The molecule has 0 aliphatic heterocycles. The van der Waals surface area contributed by atoms with E-state index in [2.05, 4.69) is 20.5 Å². The Morgan fingerprint density at radius 2 is 2.11 bits per heavy atom. The lowest BCUT2D eigenvalue weighted by Crippen LogP contribution is -2.15. The van der Waals surface area contributed by atoms with Crippen LogP contribution in [0.3, 0.4) is 0 Å². The van der Waals surface area contributed by atoms with Gasteiger partial charge in [0.15, 0.2) is 0 Å². The molecule has 100 valence electrons. The van der Waals surface area contributed by atoms with Crippen molar-refractivity contribution >= 4 is 28.4 Å². The maximum atomic E-state index is 11.3. The van der Waals surface area contributed by atoms with Gasteiger partial charge in [0.2, 0.25) is 0 Å². The van der Waals surface area contributed by atoms with Crippen LogP contribution in [-0.4, -0.2) is 28.3 Å². The first kappa shape index (κ1) is 12.9. The van der Waals surface area contributed by atoms with Gasteiger partial charge >= 0.3 is 11.7 Å². The Morgan fingerprint density at radius 3 is 2.84 bits per heavy atom. The van der Waals surface area contributed by atoms with Gasteiger partial charge in [-0.25, -0.2) is 9.59 Å². The van der Waals surface area contributed by atoms with Crippen molar-refractivity contribution < 1.29 is 9.53 Å². The highest BCUT2D eigenvalue weighted by Gasteiger charge is 2.06. The lowest BCUT2D eigenvalue weighted by molar-refractivity contribution is -0.135. The molecule has 7 nitrogen and oxygen atoms in total. The Balaban J connectivity index is 2.15. The maximum absolute atomic E-state index is 11.3. The summed E-state index contributed by atoms with van der Waals surface area (Å²) in [5.74, 6) is -0.467. The Labute approximate surface area is 108 Å². The quantitative estimate of drug-likeness (QED) is 0.438. The molecule has 0 amide bonds. The minimum atomic E-state index is -0.467. The summed E-state index contributed by atoms with van der Waals surface area (Å²) in [6, 6.07) is 5.20. The number of rotatable bonds is 4. The van der Waals surface area contributed by atoms with Crippen molar-refractivity contribution in [1.82, 2.24) is 9.97 Å². The maximum Gasteiger partial charge on any atom is 0.354 e. The van der Waals surface area contributed by atoms with Gasteiger partial charge in [0.25, 0.3) is 0 Å². The number of ether oxygens (including phenoxy) is 1. The summed E-state index contributed by atoms with van der Waals surface area (Å²) in [5, 5.41) is 3.92. The second-order valence-corrected chi connectivity index (χ2v) is 3.87. The monoisotopic (exact) mass is 262 g/mol. The van der Waals surface area contributed by atoms with Crippen molar-refractivity contribution in [3.63, 3.8) is 0 Å². The normalized spacial score (nSPS) is 11.6. The zero-order valence-corrected chi connectivity index (χ0v) is 10.6. The van der Waals surface area contributed by atoms with Gasteiger partial charge in [0.05, 0.1) is 23.3 Å². The Bertz CT molecular complexity index is 684. The molecule has 1 aromatic heterocycles. The average molecular weight is 262 g/mol. The van der Waals surface area contributed by atoms with Crippen LogP contribution in [0.15, 0.2) is 28.1 Å². The number of benzene rings is 1. The summed E-state index contributed by atoms with van der Waals surface area (Å²) in [6.07, 6.45) is 0. The van der Waals surface area contributed by atoms with E-state index in [9.17, 15) is 9.59 Å². The highest BCUT2D eigenvalue weighted by atomic mass is 16.5. The molecule has 0 aliphatic carbocycles. The minimum absolute atomic E-state index is 0.226. The van der Waals surface area contributed by atoms with Crippen LogP contribution in [0.25, 0.3) is 11.0 Å². The van der Waals surface area contributed by atoms with E-state index < -0.39 is 5.97 Å². The number of aromatic nitrogens is 2. The zero-order chi connectivity index (χ0) is 13.8. The summed E-state index contributed by atoms with van der Waals surface area (Å²) < 4.78 is 4.80. The van der Waals surface area contributed by atoms with Crippen molar-refractivity contribution in [2.75, 3.05) is 12.0 Å². The number of nitrogens with zero attached hydrogens (tertiary/aromatic N) is 1. The van der Waals surface area contributed by atoms with Gasteiger partial charge in [-0.2, -0.15) is 5.10 Å². The number of imidazole rings is 1. The van der Waals surface area contributed by atoms with Crippen LogP contribution in [0.2, 0.25) is 0 Å². The molecule has 0 atom stereocenters. The first-order valence-electron chi connectivity index (χ1n) is 5.79. The largest absolute Gasteiger partial charge is 0.461 e. The number of hydrazone groups is 1. The predicted octanol–water partition coefficient (Wildman–Crippen LogP) is 1.21. The van der Waals surface area contributed by atoms with Gasteiger partial charge < -0.3 is 14.7 Å². The summed E-state index contributed by atoms with van der Waals surface area (Å²) in [4.78, 5) is 27.7. The van der Waals surface area contributed by atoms with Crippen molar-refractivity contribution in [1.29, 1.82) is 0 Å². The number of H-pyrrole nitrogens is 2. The molecule has 0 fully saturated rings. The molecule has 0 saturated carbocycles. The molecule has 2 aromatic rings. The molecule has 0 aliphatic rings. The van der Waals surface area contributed by atoms with Crippen molar-refractivity contribution in [2.24, 2.45) is 5.10 Å². The van der Waals surface area contributed by atoms with Gasteiger partial charge in [0.1, 0.15) is 5.71 Å². The molecule has 19 heavy (non-hydrogen) atoms. The summed E-state index contributed by atoms with van der Waals surface area (Å²) in [5.41, 5.74) is 4.73. The predicted molar refractivity (Wildman–Crippen MR) is 72.3 cm³/mol. The van der Waals surface area contributed by atoms with E-state index in [4.69, 9.17) is 4.74 Å². The second-order valence-electron chi connectivity index (χ2n) is 3.87. The van der Waals surface area contributed by atoms with Crippen molar-refractivity contribution in [2.45, 2.75) is 13.8 Å². The molecule has 1 aromatic carbocycles. The summed E-state index contributed by atoms with van der Waals surface area (Å²) >= 11 is 0. The van der Waals surface area contributed by atoms with Crippen LogP contribution in [0, 0.1) is 0 Å². The molecule has 0 bridgehead atoms. The number of aromatic amines is 2. The highest BCUT2D eigenvalue weighted by Crippen LogP contribution is 2.14. The number of anilines is 1. The van der Waals surface area contributed by atoms with Crippen LogP contribution in [-0.2, 0) is 9.53 Å². The Morgan fingerprint density at radius 1 is 1.37 bits per heavy atom. The fourth-order valence-corrected chi connectivity index (χ4v) is 1.53. The van der Waals surface area contributed by atoms with Crippen LogP contribution in [0.4, 0.5) is 5.69 Å². The number of esters is 1. The standard InChI is InChI=1S/C12H14N4O3/c1-3-19-11(17)7(2)15-16-8-4-5-9-10(6-8)14-12(18)13-9/h4-6,16H,3H2,1-2H3,(H2,13,14,18). The van der Waals surface area contributed by atoms with Crippen LogP contribution in [0.1, 0.15) is 13.8 Å². The van der Waals surface area contributed by atoms with Crippen molar-refractivity contribution in [3.05, 3.63) is 28.7 Å². The van der Waals surface area contributed by atoms with E-state index in [0.717, 1.165) is 0 Å². The molecule has 3 N–H and O–H groups in total. The van der Waals surface area contributed by atoms with E-state index in [0.29, 0.717) is 23.3 Å². The van der Waals surface area contributed by atoms with Gasteiger partial charge in [0, 0.05) is 0 Å². The number of hydrogen-bond donors (Lipinski definition) is 3. The molecule has 0 saturated heterocycles. The molecule has 0 spiro atoms. The van der Waals surface area contributed by atoms with E-state index in [-0.39, 0.29) is 11.4 Å². The first-order chi connectivity index (χ1) is 9.10. The van der Waals surface area contributed by atoms with E-state index in [1.807, 2.05) is 0 Å². The van der Waals surface area contributed by atoms with Gasteiger partial charge in [-0.05, 0) is 32.0 Å². The van der Waals surface area contributed by atoms with E-state index in [1.54, 1.807) is 32.0 Å². The van der Waals surface area contributed by atoms with Crippen LogP contribution < -0.4 is 11.1 Å². The summed E-state index contributed by atoms with van der Waals surface area (Å²) in [7, 11) is 0. The van der Waals surface area contributed by atoms with Gasteiger partial charge in [-0.3, -0.25) is 5.43 Å². The van der Waals surface area contributed by atoms with Gasteiger partial charge in [-0.1, -0.05) is 0 Å². The first-order valence-corrected chi connectivity index (χ1v) is 5.79. The second kappa shape index (κ2) is 5.38. The average Bonchev–Trinajstić information content (AvgIpc) is 2.75. The Hall–Kier alpha value is -2.57. The third kappa shape index (κ3) is 3.01. The zero-order valence-electron chi connectivity index (χ0n) is 10.6. The fourth-order valence-electron chi connectivity index (χ4n) is 1.53. The lowest BCUT2D eigenvalue weighted by atomic mass is 10.3. The molecule has 7 heteroatoms. The molecule has 0 unspecified atom stereocenters. The molecule has 2 rings (SSSR count). The van der Waals surface area contributed by atoms with E-state index >= 15 is 0 Å². The number of carbonyl (C=O) groups excluding carboxylic acids is 1. The SMILES string of the molecule is CCOC(=O)C(C)=NNc1ccc2[nH]c(=O)[nH]c2c1. The molecular formula is C12H14N4O3. The fraction of sp³-hybridized carbons (Fsp3) is 0.250. The molecule has 1 heterocycles. The van der Waals surface area contributed by atoms with Gasteiger partial charge in [-0.15, -0.1) is 0 Å². The number of hydrogen-bond acceptors (Lipinski definition) is 5. The smallest absolute Gasteiger partial charge is 0.354 e. The molecular weight excluding hydrogens is 248 g/mol. The molecule has 0 radical (unpaired) electrons. The Kier molecular flexibility index (Phi) is 3.65. The van der Waals surface area contributed by atoms with E-state index in [1.165, 1.54) is 0 Å². The number of fused-ring (bicyclic) bond motifs is 1. The van der Waals surface area contributed by atoms with Crippen LogP contribution in [0.5, 0.6) is 0 Å².